The summed E-state index contributed by atoms with van der Waals surface area (Å²) in [6.07, 6.45) is 0.613. The minimum Gasteiger partial charge on any atom is -0.370 e. The van der Waals surface area contributed by atoms with E-state index >= 15 is 0 Å². The molecule has 0 saturated carbocycles. The van der Waals surface area contributed by atoms with Gasteiger partial charge in [-0.25, -0.2) is 5.11 Å². The second-order valence-electron chi connectivity index (χ2n) is 1.93. The maximum Gasteiger partial charge on any atom is 0.217 e. The molecule has 0 fully saturated rings. The van der Waals surface area contributed by atoms with Gasteiger partial charge >= 0.3 is 0 Å². The maximum atomic E-state index is 10.1. The van der Waals surface area contributed by atoms with Gasteiger partial charge in [-0.3, -0.25) is 4.79 Å². The van der Waals surface area contributed by atoms with E-state index in [0.717, 1.165) is 0 Å². The Morgan fingerprint density at radius 2 is 2.11 bits per heavy atom. The van der Waals surface area contributed by atoms with Crippen LogP contribution in [0.1, 0.15) is 12.8 Å². The van der Waals surface area contributed by atoms with Gasteiger partial charge in [-0.2, -0.15) is 0 Å². The predicted molar refractivity (Wildman–Crippen MR) is 32.0 cm³/mol. The lowest BCUT2D eigenvalue weighted by atomic mass is 10.2. The largest absolute Gasteiger partial charge is 0.370 e. The first kappa shape index (κ1) is 8.39. The Hall–Kier alpha value is -0.610. The van der Waals surface area contributed by atoms with Gasteiger partial charge in [0.15, 0.2) is 0 Å². The number of carbonyl (C=O) groups excluding carboxylic acids is 1. The Balaban J connectivity index is 3.16. The summed E-state index contributed by atoms with van der Waals surface area (Å²) in [5.41, 5.74) is 10.00. The molecule has 0 rings (SSSR count). The van der Waals surface area contributed by atoms with Crippen LogP contribution in [0.5, 0.6) is 0 Å². The van der Waals surface area contributed by atoms with Gasteiger partial charge in [0.2, 0.25) is 5.91 Å². The SMILES string of the molecule is NC(=O)CCC(N)C[O]. The van der Waals surface area contributed by atoms with E-state index < -0.39 is 11.9 Å². The number of carbonyl (C=O) groups is 1. The van der Waals surface area contributed by atoms with Crippen molar-refractivity contribution in [2.75, 3.05) is 6.61 Å². The summed E-state index contributed by atoms with van der Waals surface area (Å²) in [4.78, 5) is 10.1. The summed E-state index contributed by atoms with van der Waals surface area (Å²) in [6, 6.07) is -0.419. The second kappa shape index (κ2) is 4.29. The first-order valence-electron chi connectivity index (χ1n) is 2.78. The Labute approximate surface area is 53.8 Å². The van der Waals surface area contributed by atoms with Crippen LogP contribution in [-0.2, 0) is 9.90 Å². The van der Waals surface area contributed by atoms with Gasteiger partial charge in [0.1, 0.15) is 0 Å². The van der Waals surface area contributed by atoms with Crippen molar-refractivity contribution in [3.8, 4) is 0 Å². The fraction of sp³-hybridized carbons (Fsp3) is 0.800. The van der Waals surface area contributed by atoms with E-state index in [4.69, 9.17) is 11.5 Å². The lowest BCUT2D eigenvalue weighted by Crippen LogP contribution is -2.25. The fourth-order valence-corrected chi connectivity index (χ4v) is 0.411. The molecule has 1 amide bonds. The molecule has 1 radical (unpaired) electrons. The van der Waals surface area contributed by atoms with E-state index in [1.807, 2.05) is 0 Å². The average molecular weight is 131 g/mol. The predicted octanol–water partition coefficient (Wildman–Crippen LogP) is -0.990. The molecule has 0 aliphatic carbocycles. The van der Waals surface area contributed by atoms with Crippen molar-refractivity contribution < 1.29 is 9.90 Å². The first-order chi connectivity index (χ1) is 4.16. The highest BCUT2D eigenvalue weighted by molar-refractivity contribution is 5.73. The summed E-state index contributed by atoms with van der Waals surface area (Å²) < 4.78 is 0. The summed E-state index contributed by atoms with van der Waals surface area (Å²) in [5.74, 6) is -0.404. The van der Waals surface area contributed by atoms with Gasteiger partial charge < -0.3 is 11.5 Å². The molecule has 53 valence electrons. The van der Waals surface area contributed by atoms with Gasteiger partial charge in [0, 0.05) is 12.5 Å². The Bertz CT molecular complexity index is 95.0. The summed E-state index contributed by atoms with van der Waals surface area (Å²) in [5, 5.41) is 9.97. The summed E-state index contributed by atoms with van der Waals surface area (Å²) >= 11 is 0. The molecule has 0 aliphatic rings. The Morgan fingerprint density at radius 3 is 2.44 bits per heavy atom. The fourth-order valence-electron chi connectivity index (χ4n) is 0.411. The van der Waals surface area contributed by atoms with Crippen molar-refractivity contribution in [1.82, 2.24) is 0 Å². The molecule has 0 aromatic rings. The number of hydrogen-bond acceptors (Lipinski definition) is 2. The number of primary amides is 1. The molecule has 0 heterocycles. The molecule has 0 aliphatic heterocycles. The van der Waals surface area contributed by atoms with Crippen molar-refractivity contribution in [3.63, 3.8) is 0 Å². The molecule has 4 nitrogen and oxygen atoms in total. The Kier molecular flexibility index (Phi) is 4.00. The van der Waals surface area contributed by atoms with Crippen LogP contribution in [0.2, 0.25) is 0 Å². The third-order valence-corrected chi connectivity index (χ3v) is 0.976. The molecule has 0 spiro atoms. The molecule has 0 bridgehead atoms. The molecule has 1 atom stereocenters. The van der Waals surface area contributed by atoms with Crippen molar-refractivity contribution in [1.29, 1.82) is 0 Å². The van der Waals surface area contributed by atoms with Crippen molar-refractivity contribution >= 4 is 5.91 Å². The highest BCUT2D eigenvalue weighted by Gasteiger charge is 2.02. The molecule has 9 heavy (non-hydrogen) atoms. The van der Waals surface area contributed by atoms with E-state index in [0.29, 0.717) is 6.42 Å². The molecular formula is C5H11N2O2. The minimum absolute atomic E-state index is 0.212. The number of rotatable bonds is 4. The average Bonchev–Trinajstić information content (AvgIpc) is 1.83. The molecule has 1 unspecified atom stereocenters. The number of amides is 1. The van der Waals surface area contributed by atoms with Crippen LogP contribution in [0.15, 0.2) is 0 Å². The van der Waals surface area contributed by atoms with Crippen LogP contribution in [0.3, 0.4) is 0 Å². The third-order valence-electron chi connectivity index (χ3n) is 0.976. The topological polar surface area (TPSA) is 89.0 Å². The van der Waals surface area contributed by atoms with Crippen molar-refractivity contribution in [3.05, 3.63) is 0 Å². The smallest absolute Gasteiger partial charge is 0.217 e. The quantitative estimate of drug-likeness (QED) is 0.513. The monoisotopic (exact) mass is 131 g/mol. The number of nitrogens with two attached hydrogens (primary N) is 2. The van der Waals surface area contributed by atoms with Gasteiger partial charge in [-0.15, -0.1) is 0 Å². The second-order valence-corrected chi connectivity index (χ2v) is 1.93. The van der Waals surface area contributed by atoms with Crippen LogP contribution >= 0.6 is 0 Å². The molecular weight excluding hydrogens is 120 g/mol. The standard InChI is InChI=1S/C5H11N2O2/c6-4(3-8)1-2-5(7)9/h4H,1-3,6H2,(H2,7,9). The van der Waals surface area contributed by atoms with E-state index in [2.05, 4.69) is 0 Å². The highest BCUT2D eigenvalue weighted by atomic mass is 16.3. The molecule has 4 N–H and O–H groups in total. The van der Waals surface area contributed by atoms with E-state index in [1.165, 1.54) is 0 Å². The van der Waals surface area contributed by atoms with Crippen LogP contribution < -0.4 is 11.5 Å². The van der Waals surface area contributed by atoms with Gasteiger partial charge in [-0.1, -0.05) is 0 Å². The van der Waals surface area contributed by atoms with Gasteiger partial charge in [0.25, 0.3) is 0 Å². The zero-order chi connectivity index (χ0) is 7.28. The first-order valence-corrected chi connectivity index (χ1v) is 2.78. The van der Waals surface area contributed by atoms with Crippen molar-refractivity contribution in [2.45, 2.75) is 18.9 Å². The van der Waals surface area contributed by atoms with Crippen LogP contribution in [0.25, 0.3) is 0 Å². The summed E-state index contributed by atoms with van der Waals surface area (Å²) in [7, 11) is 0. The van der Waals surface area contributed by atoms with E-state index in [-0.39, 0.29) is 13.0 Å². The minimum atomic E-state index is -0.419. The van der Waals surface area contributed by atoms with Gasteiger partial charge in [-0.05, 0) is 6.42 Å². The van der Waals surface area contributed by atoms with Crippen LogP contribution in [0, 0.1) is 0 Å². The third kappa shape index (κ3) is 5.26. The Morgan fingerprint density at radius 1 is 1.56 bits per heavy atom. The normalized spacial score (nSPS) is 13.1. The van der Waals surface area contributed by atoms with E-state index in [1.54, 1.807) is 0 Å². The van der Waals surface area contributed by atoms with Crippen LogP contribution in [0.4, 0.5) is 0 Å². The van der Waals surface area contributed by atoms with Crippen molar-refractivity contribution in [2.24, 2.45) is 11.5 Å². The zero-order valence-electron chi connectivity index (χ0n) is 5.17. The van der Waals surface area contributed by atoms with E-state index in [9.17, 15) is 9.90 Å². The van der Waals surface area contributed by atoms with Gasteiger partial charge in [0.05, 0.1) is 6.61 Å². The maximum absolute atomic E-state index is 10.1. The molecule has 0 saturated heterocycles. The molecule has 0 aromatic heterocycles. The molecule has 4 heteroatoms. The zero-order valence-corrected chi connectivity index (χ0v) is 5.17. The highest BCUT2D eigenvalue weighted by Crippen LogP contribution is 1.91. The number of hydrogen-bond donors (Lipinski definition) is 2. The lowest BCUT2D eigenvalue weighted by Gasteiger charge is -2.02. The molecule has 0 aromatic carbocycles. The van der Waals surface area contributed by atoms with Crippen LogP contribution in [-0.4, -0.2) is 18.6 Å². The lowest BCUT2D eigenvalue weighted by molar-refractivity contribution is -0.118. The summed E-state index contributed by atoms with van der Waals surface area (Å²) in [6.45, 7) is -0.340.